The Morgan fingerprint density at radius 3 is 2.12 bits per heavy atom. The highest BCUT2D eigenvalue weighted by atomic mass is 32.2. The fourth-order valence-corrected chi connectivity index (χ4v) is 0.609. The fourth-order valence-electron chi connectivity index (χ4n) is 0.0677. The van der Waals surface area contributed by atoms with E-state index in [4.69, 9.17) is 0 Å². The highest BCUT2D eigenvalue weighted by Gasteiger charge is 2.00. The van der Waals surface area contributed by atoms with Crippen LogP contribution in [0.1, 0.15) is 0 Å². The zero-order chi connectivity index (χ0) is 6.62. The summed E-state index contributed by atoms with van der Waals surface area (Å²) in [5.41, 5.74) is 0. The molecular weight excluding hydrogens is 155 g/mol. The highest BCUT2D eigenvalue weighted by molar-refractivity contribution is 7.85. The van der Waals surface area contributed by atoms with E-state index in [9.17, 15) is 13.0 Å². The molecule has 8 heavy (non-hydrogen) atoms. The van der Waals surface area contributed by atoms with Crippen molar-refractivity contribution in [3.63, 3.8) is 0 Å². The van der Waals surface area contributed by atoms with Crippen molar-refractivity contribution in [3.8, 4) is 0 Å². The summed E-state index contributed by atoms with van der Waals surface area (Å²) >= 11 is 0. The van der Waals surface area contributed by atoms with Gasteiger partial charge in [-0.25, -0.2) is 4.57 Å². The van der Waals surface area contributed by atoms with E-state index < -0.39 is 18.8 Å². The highest BCUT2D eigenvalue weighted by Crippen LogP contribution is 1.98. The van der Waals surface area contributed by atoms with Gasteiger partial charge in [0.1, 0.15) is 0 Å². The average molecular weight is 158 g/mol. The lowest BCUT2D eigenvalue weighted by Gasteiger charge is -1.87. The molecule has 0 aliphatic heterocycles. The van der Waals surface area contributed by atoms with Gasteiger partial charge >= 0.3 is 8.69 Å². The Bertz CT molecular complexity index is 157. The maximum atomic E-state index is 9.90. The topological polar surface area (TPSA) is 69.7 Å². The van der Waals surface area contributed by atoms with Crippen molar-refractivity contribution in [2.75, 3.05) is 6.26 Å². The van der Waals surface area contributed by atoms with E-state index in [1.54, 1.807) is 0 Å². The van der Waals surface area contributed by atoms with E-state index in [0.717, 1.165) is 6.26 Å². The molecule has 0 aliphatic rings. The molecule has 0 saturated heterocycles. The van der Waals surface area contributed by atoms with E-state index in [0.29, 0.717) is 0 Å². The molecule has 7 heteroatoms. The molecule has 0 saturated carbocycles. The monoisotopic (exact) mass is 158 g/mol. The van der Waals surface area contributed by atoms with Gasteiger partial charge < -0.3 is 0 Å². The zero-order valence-electron chi connectivity index (χ0n) is 3.90. The van der Waals surface area contributed by atoms with Crippen molar-refractivity contribution in [2.24, 2.45) is 0 Å². The van der Waals surface area contributed by atoms with Crippen molar-refractivity contribution >= 4 is 18.8 Å². The van der Waals surface area contributed by atoms with Gasteiger partial charge in [-0.3, -0.25) is 0 Å². The minimum atomic E-state index is -3.62. The second kappa shape index (κ2) is 3.09. The molecule has 0 atom stereocenters. The molecule has 0 heterocycles. The van der Waals surface area contributed by atoms with Crippen molar-refractivity contribution in [3.05, 3.63) is 0 Å². The second-order valence-corrected chi connectivity index (χ2v) is 2.76. The van der Waals surface area contributed by atoms with E-state index in [2.05, 4.69) is 9.01 Å². The Morgan fingerprint density at radius 1 is 1.50 bits per heavy atom. The van der Waals surface area contributed by atoms with Crippen molar-refractivity contribution in [1.29, 1.82) is 0 Å². The summed E-state index contributed by atoms with van der Waals surface area (Å²) in [6, 6.07) is 0. The molecule has 5 nitrogen and oxygen atoms in total. The zero-order valence-corrected chi connectivity index (χ0v) is 5.61. The average Bonchev–Trinajstić information content (AvgIpc) is 1.59. The lowest BCUT2D eigenvalue weighted by atomic mass is 12.0. The predicted octanol–water partition coefficient (Wildman–Crippen LogP) is 0.101. The summed E-state index contributed by atoms with van der Waals surface area (Å²) in [6.45, 7) is 0. The van der Waals surface area contributed by atoms with E-state index >= 15 is 0 Å². The first-order valence-electron chi connectivity index (χ1n) is 1.44. The number of hydrogen-bond acceptors (Lipinski definition) is 5. The SMILES string of the molecule is CS(=O)(=O)OOP=O. The predicted molar refractivity (Wildman–Crippen MR) is 24.6 cm³/mol. The van der Waals surface area contributed by atoms with Crippen LogP contribution in [0.5, 0.6) is 0 Å². The van der Waals surface area contributed by atoms with Crippen LogP contribution in [0.25, 0.3) is 0 Å². The molecule has 0 aromatic carbocycles. The molecular formula is CH3O5PS. The molecule has 0 bridgehead atoms. The van der Waals surface area contributed by atoms with E-state index in [-0.39, 0.29) is 0 Å². The number of rotatable bonds is 3. The largest absolute Gasteiger partial charge is 0.359 e. The maximum absolute atomic E-state index is 9.90. The summed E-state index contributed by atoms with van der Waals surface area (Å²) < 4.78 is 36.2. The van der Waals surface area contributed by atoms with Crippen LogP contribution in [0.4, 0.5) is 0 Å². The third kappa shape index (κ3) is 5.97. The van der Waals surface area contributed by atoms with Crippen LogP contribution in [-0.4, -0.2) is 14.7 Å². The molecule has 0 spiro atoms. The van der Waals surface area contributed by atoms with E-state index in [1.807, 2.05) is 0 Å². The molecule has 0 radical (unpaired) electrons. The Kier molecular flexibility index (Phi) is 3.08. The molecule has 0 rings (SSSR count). The van der Waals surface area contributed by atoms with Crippen molar-refractivity contribution < 1.29 is 22.0 Å². The van der Waals surface area contributed by atoms with Crippen LogP contribution >= 0.6 is 8.69 Å². The standard InChI is InChI=1S/CH3O5PS/c1-8(3,4)6-5-7-2/h1H3. The minimum Gasteiger partial charge on any atom is -0.238 e. The smallest absolute Gasteiger partial charge is 0.238 e. The Balaban J connectivity index is 3.57. The molecule has 0 amide bonds. The van der Waals surface area contributed by atoms with Gasteiger partial charge in [-0.2, -0.15) is 8.42 Å². The molecule has 0 aromatic heterocycles. The molecule has 0 N–H and O–H groups in total. The van der Waals surface area contributed by atoms with Gasteiger partial charge in [0, 0.05) is 0 Å². The normalized spacial score (nSPS) is 12.1. The molecule has 0 aromatic rings. The summed E-state index contributed by atoms with van der Waals surface area (Å²) in [4.78, 5) is 0. The first kappa shape index (κ1) is 7.97. The van der Waals surface area contributed by atoms with Gasteiger partial charge in [-0.05, 0) is 0 Å². The second-order valence-electron chi connectivity index (χ2n) is 0.921. The van der Waals surface area contributed by atoms with Crippen LogP contribution in [0.3, 0.4) is 0 Å². The molecule has 0 fully saturated rings. The quantitative estimate of drug-likeness (QED) is 0.331. The van der Waals surface area contributed by atoms with Crippen LogP contribution in [-0.2, 0) is 23.7 Å². The first-order chi connectivity index (χ1) is 3.56. The van der Waals surface area contributed by atoms with Crippen molar-refractivity contribution in [2.45, 2.75) is 0 Å². The lowest BCUT2D eigenvalue weighted by molar-refractivity contribution is -0.0779. The number of hydrogen-bond donors (Lipinski definition) is 0. The van der Waals surface area contributed by atoms with Gasteiger partial charge in [0.15, 0.2) is 0 Å². The van der Waals surface area contributed by atoms with Crippen LogP contribution < -0.4 is 0 Å². The Labute approximate surface area is 47.9 Å². The van der Waals surface area contributed by atoms with Crippen molar-refractivity contribution in [1.82, 2.24) is 0 Å². The van der Waals surface area contributed by atoms with Crippen LogP contribution in [0.2, 0.25) is 0 Å². The Hall–Kier alpha value is -0.0300. The summed E-state index contributed by atoms with van der Waals surface area (Å²) in [5.74, 6) is 0. The van der Waals surface area contributed by atoms with Gasteiger partial charge in [0.05, 0.1) is 6.26 Å². The summed E-state index contributed by atoms with van der Waals surface area (Å²) in [6.07, 6.45) is 0.776. The lowest BCUT2D eigenvalue weighted by Crippen LogP contribution is -1.97. The van der Waals surface area contributed by atoms with Gasteiger partial charge in [-0.1, -0.05) is 4.33 Å². The minimum absolute atomic E-state index is 0.776. The molecule has 0 aliphatic carbocycles. The van der Waals surface area contributed by atoms with Crippen LogP contribution in [0.15, 0.2) is 0 Å². The van der Waals surface area contributed by atoms with Gasteiger partial charge in [-0.15, -0.1) is 4.67 Å². The first-order valence-corrected chi connectivity index (χ1v) is 3.99. The summed E-state index contributed by atoms with van der Waals surface area (Å²) in [5, 5.41) is 0. The maximum Gasteiger partial charge on any atom is 0.359 e. The summed E-state index contributed by atoms with van der Waals surface area (Å²) in [7, 11) is -4.44. The van der Waals surface area contributed by atoms with Gasteiger partial charge in [0.2, 0.25) is 0 Å². The third-order valence-electron chi connectivity index (χ3n) is 0.184. The molecule has 48 valence electrons. The van der Waals surface area contributed by atoms with Crippen LogP contribution in [0, 0.1) is 0 Å². The van der Waals surface area contributed by atoms with E-state index in [1.165, 1.54) is 0 Å². The molecule has 0 unspecified atom stereocenters. The van der Waals surface area contributed by atoms with Gasteiger partial charge in [0.25, 0.3) is 10.1 Å². The fraction of sp³-hybridized carbons (Fsp3) is 1.00. The third-order valence-corrected chi connectivity index (χ3v) is 0.736. The Morgan fingerprint density at radius 2 is 2.00 bits per heavy atom.